The molecule has 0 aliphatic carbocycles. The van der Waals surface area contributed by atoms with Gasteiger partial charge >= 0.3 is 0 Å². The van der Waals surface area contributed by atoms with E-state index in [1.165, 1.54) is 10.5 Å². The summed E-state index contributed by atoms with van der Waals surface area (Å²) in [4.78, 5) is 13.6. The fraction of sp³-hybridized carbons (Fsp3) is 0.188. The second kappa shape index (κ2) is 5.21. The zero-order valence-electron chi connectivity index (χ0n) is 11.3. The minimum absolute atomic E-state index is 0.0656. The molecule has 2 aromatic rings. The molecule has 0 fully saturated rings. The molecule has 0 saturated carbocycles. The maximum atomic E-state index is 11.4. The van der Waals surface area contributed by atoms with Crippen LogP contribution in [0.15, 0.2) is 46.2 Å². The van der Waals surface area contributed by atoms with E-state index < -0.39 is 0 Å². The number of hydrogen-bond donors (Lipinski definition) is 2. The highest BCUT2D eigenvalue weighted by molar-refractivity contribution is 7.99. The van der Waals surface area contributed by atoms with Gasteiger partial charge in [-0.2, -0.15) is 0 Å². The van der Waals surface area contributed by atoms with Crippen molar-refractivity contribution in [3.63, 3.8) is 0 Å². The molecule has 3 N–H and O–H groups in total. The molecule has 0 spiro atoms. The van der Waals surface area contributed by atoms with E-state index in [0.717, 1.165) is 22.6 Å². The summed E-state index contributed by atoms with van der Waals surface area (Å²) in [6, 6.07) is 12.3. The predicted molar refractivity (Wildman–Crippen MR) is 83.1 cm³/mol. The first kappa shape index (κ1) is 13.1. The maximum absolute atomic E-state index is 11.4. The largest absolute Gasteiger partial charge is 0.398 e. The van der Waals surface area contributed by atoms with Crippen LogP contribution in [0, 0.1) is 6.92 Å². The molecule has 1 aliphatic heterocycles. The molecular weight excluding hydrogens is 268 g/mol. The molecule has 0 radical (unpaired) electrons. The van der Waals surface area contributed by atoms with Crippen LogP contribution < -0.4 is 11.1 Å². The van der Waals surface area contributed by atoms with Gasteiger partial charge in [0.05, 0.1) is 0 Å². The van der Waals surface area contributed by atoms with E-state index in [-0.39, 0.29) is 5.91 Å². The van der Waals surface area contributed by atoms with Gasteiger partial charge in [-0.05, 0) is 43.2 Å². The van der Waals surface area contributed by atoms with Crippen LogP contribution >= 0.6 is 11.8 Å². The summed E-state index contributed by atoms with van der Waals surface area (Å²) >= 11 is 1.66. The second-order valence-corrected chi connectivity index (χ2v) is 6.13. The van der Waals surface area contributed by atoms with Crippen molar-refractivity contribution in [1.29, 1.82) is 0 Å². The first-order chi connectivity index (χ1) is 9.61. The number of nitrogen functional groups attached to an aromatic ring is 1. The third kappa shape index (κ3) is 2.65. The van der Waals surface area contributed by atoms with Crippen LogP contribution in [0.3, 0.4) is 0 Å². The number of carbonyl (C=O) groups is 1. The smallest absolute Gasteiger partial charge is 0.224 e. The van der Waals surface area contributed by atoms with E-state index in [4.69, 9.17) is 5.73 Å². The fourth-order valence-electron chi connectivity index (χ4n) is 2.24. The highest BCUT2D eigenvalue weighted by Crippen LogP contribution is 2.37. The van der Waals surface area contributed by atoms with E-state index in [2.05, 4.69) is 42.6 Å². The van der Waals surface area contributed by atoms with Crippen LogP contribution in [-0.2, 0) is 11.2 Å². The monoisotopic (exact) mass is 284 g/mol. The van der Waals surface area contributed by atoms with E-state index in [1.807, 2.05) is 6.07 Å². The Morgan fingerprint density at radius 3 is 2.65 bits per heavy atom. The Bertz CT molecular complexity index is 665. The summed E-state index contributed by atoms with van der Waals surface area (Å²) in [5.41, 5.74) is 10.1. The zero-order chi connectivity index (χ0) is 14.1. The molecule has 0 aromatic heterocycles. The molecule has 0 unspecified atom stereocenters. The number of nitrogens with one attached hydrogen (secondary N) is 1. The lowest BCUT2D eigenvalue weighted by Crippen LogP contribution is -2.19. The van der Waals surface area contributed by atoms with Crippen LogP contribution in [0.5, 0.6) is 0 Å². The van der Waals surface area contributed by atoms with E-state index in [1.54, 1.807) is 11.8 Å². The molecule has 0 bridgehead atoms. The number of benzene rings is 2. The number of hydrogen-bond acceptors (Lipinski definition) is 3. The lowest BCUT2D eigenvalue weighted by molar-refractivity contribution is -0.116. The average molecular weight is 284 g/mol. The van der Waals surface area contributed by atoms with Crippen LogP contribution in [0.2, 0.25) is 0 Å². The lowest BCUT2D eigenvalue weighted by atomic mass is 10.0. The number of fused-ring (bicyclic) bond motifs is 1. The number of rotatable bonds is 2. The first-order valence-electron chi connectivity index (χ1n) is 6.58. The summed E-state index contributed by atoms with van der Waals surface area (Å²) in [6.45, 7) is 2.07. The maximum Gasteiger partial charge on any atom is 0.224 e. The van der Waals surface area contributed by atoms with Gasteiger partial charge in [0, 0.05) is 27.6 Å². The summed E-state index contributed by atoms with van der Waals surface area (Å²) in [7, 11) is 0. The minimum atomic E-state index is 0.0656. The molecule has 102 valence electrons. The lowest BCUT2D eigenvalue weighted by Gasteiger charge is -2.19. The Balaban J connectivity index is 1.90. The van der Waals surface area contributed by atoms with E-state index in [9.17, 15) is 4.79 Å². The van der Waals surface area contributed by atoms with Gasteiger partial charge in [0.1, 0.15) is 0 Å². The van der Waals surface area contributed by atoms with Crippen molar-refractivity contribution in [3.05, 3.63) is 47.5 Å². The van der Waals surface area contributed by atoms with Gasteiger partial charge in [-0.1, -0.05) is 29.5 Å². The van der Waals surface area contributed by atoms with Gasteiger partial charge in [-0.15, -0.1) is 0 Å². The molecule has 1 heterocycles. The minimum Gasteiger partial charge on any atom is -0.398 e. The van der Waals surface area contributed by atoms with Crippen LogP contribution in [0.4, 0.5) is 11.4 Å². The molecule has 20 heavy (non-hydrogen) atoms. The molecule has 3 rings (SSSR count). The molecule has 1 amide bonds. The Labute approximate surface area is 122 Å². The summed E-state index contributed by atoms with van der Waals surface area (Å²) in [6.07, 6.45) is 1.33. The van der Waals surface area contributed by atoms with Crippen molar-refractivity contribution in [3.8, 4) is 0 Å². The first-order valence-corrected chi connectivity index (χ1v) is 7.40. The van der Waals surface area contributed by atoms with Crippen molar-refractivity contribution in [2.24, 2.45) is 0 Å². The topological polar surface area (TPSA) is 55.1 Å². The predicted octanol–water partition coefficient (Wildman–Crippen LogP) is 3.61. The summed E-state index contributed by atoms with van der Waals surface area (Å²) in [5, 5.41) is 2.87. The molecule has 1 aliphatic rings. The zero-order valence-corrected chi connectivity index (χ0v) is 12.1. The molecular formula is C16H16N2OS. The highest BCUT2D eigenvalue weighted by Gasteiger charge is 2.17. The second-order valence-electron chi connectivity index (χ2n) is 5.01. The highest BCUT2D eigenvalue weighted by atomic mass is 32.2. The van der Waals surface area contributed by atoms with Gasteiger partial charge < -0.3 is 11.1 Å². The molecule has 0 saturated heterocycles. The quantitative estimate of drug-likeness (QED) is 0.828. The van der Waals surface area contributed by atoms with Gasteiger partial charge in [0.15, 0.2) is 0 Å². The average Bonchev–Trinajstić information content (AvgIpc) is 2.42. The van der Waals surface area contributed by atoms with Crippen LogP contribution in [0.1, 0.15) is 17.5 Å². The third-order valence-electron chi connectivity index (χ3n) is 3.38. The number of amides is 1. The SMILES string of the molecule is Cc1ccc(Sc2cc3c(cc2N)NC(=O)CC3)cc1. The Hall–Kier alpha value is -1.94. The van der Waals surface area contributed by atoms with Crippen molar-refractivity contribution in [2.75, 3.05) is 11.1 Å². The van der Waals surface area contributed by atoms with Crippen molar-refractivity contribution in [2.45, 2.75) is 29.6 Å². The Kier molecular flexibility index (Phi) is 3.40. The Morgan fingerprint density at radius 1 is 1.15 bits per heavy atom. The third-order valence-corrected chi connectivity index (χ3v) is 4.46. The fourth-order valence-corrected chi connectivity index (χ4v) is 3.15. The van der Waals surface area contributed by atoms with Crippen molar-refractivity contribution in [1.82, 2.24) is 0 Å². The number of nitrogens with two attached hydrogens (primary N) is 1. The van der Waals surface area contributed by atoms with E-state index >= 15 is 0 Å². The molecule has 0 atom stereocenters. The number of anilines is 2. The summed E-state index contributed by atoms with van der Waals surface area (Å²) < 4.78 is 0. The van der Waals surface area contributed by atoms with E-state index in [0.29, 0.717) is 12.1 Å². The van der Waals surface area contributed by atoms with Gasteiger partial charge in [-0.25, -0.2) is 0 Å². The molecule has 4 heteroatoms. The molecule has 2 aromatic carbocycles. The van der Waals surface area contributed by atoms with Crippen LogP contribution in [-0.4, -0.2) is 5.91 Å². The van der Waals surface area contributed by atoms with Crippen molar-refractivity contribution >= 4 is 29.0 Å². The number of aryl methyl sites for hydroxylation is 2. The van der Waals surface area contributed by atoms with Crippen LogP contribution in [0.25, 0.3) is 0 Å². The molecule has 3 nitrogen and oxygen atoms in total. The Morgan fingerprint density at radius 2 is 1.90 bits per heavy atom. The van der Waals surface area contributed by atoms with Gasteiger partial charge in [-0.3, -0.25) is 4.79 Å². The van der Waals surface area contributed by atoms with Gasteiger partial charge in [0.25, 0.3) is 0 Å². The standard InChI is InChI=1S/C16H16N2OS/c1-10-2-5-12(6-3-10)20-15-8-11-4-7-16(19)18-14(11)9-13(15)17/h2-3,5-6,8-9H,4,7,17H2,1H3,(H,18,19). The number of carbonyl (C=O) groups excluding carboxylic acids is 1. The normalized spacial score (nSPS) is 13.8. The summed E-state index contributed by atoms with van der Waals surface area (Å²) in [5.74, 6) is 0.0656. The van der Waals surface area contributed by atoms with Gasteiger partial charge in [0.2, 0.25) is 5.91 Å². The van der Waals surface area contributed by atoms with Crippen molar-refractivity contribution < 1.29 is 4.79 Å².